The molecule has 0 aliphatic rings. The molecule has 3 N–H and O–H groups in total. The molecule has 0 bridgehead atoms. The first kappa shape index (κ1) is 14.5. The summed E-state index contributed by atoms with van der Waals surface area (Å²) in [6, 6.07) is 0. The average Bonchev–Trinajstić information content (AvgIpc) is 1.99. The van der Waals surface area contributed by atoms with Crippen LogP contribution in [0, 0.1) is 5.92 Å². The minimum atomic E-state index is 0. The summed E-state index contributed by atoms with van der Waals surface area (Å²) in [5, 5.41) is 0. The smallest absolute Gasteiger partial charge is 0.0443 e. The van der Waals surface area contributed by atoms with Crippen LogP contribution < -0.4 is 6.15 Å². The molecule has 1 atom stereocenters. The highest BCUT2D eigenvalue weighted by molar-refractivity contribution is 4.52. The molecule has 0 aromatic carbocycles. The van der Waals surface area contributed by atoms with Crippen LogP contribution in [0.3, 0.4) is 0 Å². The van der Waals surface area contributed by atoms with Gasteiger partial charge < -0.3 is 6.15 Å². The van der Waals surface area contributed by atoms with Crippen LogP contribution in [0.25, 0.3) is 0 Å². The van der Waals surface area contributed by atoms with E-state index in [1.165, 1.54) is 44.9 Å². The van der Waals surface area contributed by atoms with Gasteiger partial charge in [0, 0.05) is 0 Å². The van der Waals surface area contributed by atoms with Gasteiger partial charge in [0.1, 0.15) is 0 Å². The normalized spacial score (nSPS) is 12.2. The summed E-state index contributed by atoms with van der Waals surface area (Å²) < 4.78 is 0. The predicted molar refractivity (Wildman–Crippen MR) is 57.9 cm³/mol. The molecule has 0 aromatic rings. The molecule has 1 unspecified atom stereocenters. The maximum absolute atomic E-state index is 2.38. The molecule has 12 heavy (non-hydrogen) atoms. The Kier molecular flexibility index (Phi) is 13.2. The van der Waals surface area contributed by atoms with E-state index in [2.05, 4.69) is 20.8 Å². The van der Waals surface area contributed by atoms with E-state index < -0.39 is 0 Å². The van der Waals surface area contributed by atoms with Crippen molar-refractivity contribution in [2.24, 2.45) is 5.92 Å². The van der Waals surface area contributed by atoms with Crippen molar-refractivity contribution in [3.63, 3.8) is 0 Å². The number of hydrogen-bond acceptors (Lipinski definition) is 1. The second-order valence-electron chi connectivity index (χ2n) is 3.74. The van der Waals surface area contributed by atoms with E-state index in [0.717, 1.165) is 5.92 Å². The van der Waals surface area contributed by atoms with Crippen LogP contribution >= 0.6 is 0 Å². The Balaban J connectivity index is 0. The summed E-state index contributed by atoms with van der Waals surface area (Å²) >= 11 is 0. The van der Waals surface area contributed by atoms with Gasteiger partial charge in [-0.15, -0.1) is 0 Å². The van der Waals surface area contributed by atoms with Crippen LogP contribution in [0.2, 0.25) is 0 Å². The molecule has 0 rings (SSSR count). The van der Waals surface area contributed by atoms with E-state index in [0.29, 0.717) is 0 Å². The third-order valence-corrected chi connectivity index (χ3v) is 2.33. The lowest BCUT2D eigenvalue weighted by atomic mass is 9.98. The molecule has 0 radical (unpaired) electrons. The molecule has 0 aromatic heterocycles. The van der Waals surface area contributed by atoms with Crippen molar-refractivity contribution in [2.75, 3.05) is 0 Å². The topological polar surface area (TPSA) is 35.0 Å². The maximum atomic E-state index is 2.38. The maximum Gasteiger partial charge on any atom is -0.0443 e. The fourth-order valence-electron chi connectivity index (χ4n) is 1.56. The highest BCUT2D eigenvalue weighted by Gasteiger charge is 1.98. The second-order valence-corrected chi connectivity index (χ2v) is 3.74. The SMILES string of the molecule is CCCCCCC(C)CCC.N. The van der Waals surface area contributed by atoms with Crippen molar-refractivity contribution in [2.45, 2.75) is 65.7 Å². The van der Waals surface area contributed by atoms with Crippen molar-refractivity contribution >= 4 is 0 Å². The van der Waals surface area contributed by atoms with Crippen LogP contribution in [0.5, 0.6) is 0 Å². The highest BCUT2D eigenvalue weighted by atomic mass is 14.0. The van der Waals surface area contributed by atoms with Crippen LogP contribution in [0.1, 0.15) is 65.7 Å². The molecule has 1 nitrogen and oxygen atoms in total. The first-order valence-corrected chi connectivity index (χ1v) is 5.31. The summed E-state index contributed by atoms with van der Waals surface area (Å²) in [4.78, 5) is 0. The van der Waals surface area contributed by atoms with Crippen LogP contribution in [0.15, 0.2) is 0 Å². The zero-order valence-electron chi connectivity index (χ0n) is 9.23. The summed E-state index contributed by atoms with van der Waals surface area (Å²) in [5.74, 6) is 0.969. The molecular formula is C11H27N. The largest absolute Gasteiger partial charge is 0.344 e. The number of unbranched alkanes of at least 4 members (excludes halogenated alkanes) is 3. The zero-order valence-corrected chi connectivity index (χ0v) is 9.23. The molecule has 1 heteroatoms. The Morgan fingerprint density at radius 3 is 2.00 bits per heavy atom. The zero-order chi connectivity index (χ0) is 8.53. The second kappa shape index (κ2) is 11.0. The standard InChI is InChI=1S/C11H24.H3N/c1-4-6-7-8-10-11(3)9-5-2;/h11H,4-10H2,1-3H3;1H3. The van der Waals surface area contributed by atoms with E-state index in [1.807, 2.05) is 0 Å². The van der Waals surface area contributed by atoms with Crippen LogP contribution in [0.4, 0.5) is 0 Å². The number of hydrogen-bond donors (Lipinski definition) is 1. The molecule has 0 amide bonds. The van der Waals surface area contributed by atoms with Crippen LogP contribution in [-0.4, -0.2) is 0 Å². The van der Waals surface area contributed by atoms with Crippen molar-refractivity contribution in [3.05, 3.63) is 0 Å². The highest BCUT2D eigenvalue weighted by Crippen LogP contribution is 2.14. The van der Waals surface area contributed by atoms with E-state index in [-0.39, 0.29) is 6.15 Å². The Bertz CT molecular complexity index is 71.4. The Labute approximate surface area is 78.5 Å². The quantitative estimate of drug-likeness (QED) is 0.563. The summed E-state index contributed by atoms with van der Waals surface area (Å²) in [6.45, 7) is 6.94. The van der Waals surface area contributed by atoms with Gasteiger partial charge in [0.15, 0.2) is 0 Å². The monoisotopic (exact) mass is 173 g/mol. The fraction of sp³-hybridized carbons (Fsp3) is 1.00. The lowest BCUT2D eigenvalue weighted by Gasteiger charge is -2.08. The average molecular weight is 173 g/mol. The molecule has 0 heterocycles. The predicted octanol–water partition coefficient (Wildman–Crippen LogP) is 4.56. The summed E-state index contributed by atoms with van der Waals surface area (Å²) in [6.07, 6.45) is 9.93. The minimum Gasteiger partial charge on any atom is -0.344 e. The summed E-state index contributed by atoms with van der Waals surface area (Å²) in [7, 11) is 0. The molecule has 0 saturated carbocycles. The van der Waals surface area contributed by atoms with Gasteiger partial charge >= 0.3 is 0 Å². The fourth-order valence-corrected chi connectivity index (χ4v) is 1.56. The van der Waals surface area contributed by atoms with Gasteiger partial charge in [-0.1, -0.05) is 65.7 Å². The molecule has 76 valence electrons. The Morgan fingerprint density at radius 2 is 1.50 bits per heavy atom. The van der Waals surface area contributed by atoms with E-state index >= 15 is 0 Å². The minimum absolute atomic E-state index is 0. The molecule has 0 saturated heterocycles. The van der Waals surface area contributed by atoms with Gasteiger partial charge in [-0.3, -0.25) is 0 Å². The van der Waals surface area contributed by atoms with Crippen molar-refractivity contribution in [3.8, 4) is 0 Å². The van der Waals surface area contributed by atoms with Gasteiger partial charge in [0.25, 0.3) is 0 Å². The number of rotatable bonds is 7. The van der Waals surface area contributed by atoms with Crippen LogP contribution in [-0.2, 0) is 0 Å². The molecule has 0 aliphatic heterocycles. The van der Waals surface area contributed by atoms with Gasteiger partial charge in [-0.05, 0) is 5.92 Å². The van der Waals surface area contributed by atoms with E-state index in [9.17, 15) is 0 Å². The molecular weight excluding hydrogens is 146 g/mol. The molecule has 0 fully saturated rings. The third kappa shape index (κ3) is 9.96. The van der Waals surface area contributed by atoms with Gasteiger partial charge in [0.2, 0.25) is 0 Å². The van der Waals surface area contributed by atoms with Crippen molar-refractivity contribution in [1.29, 1.82) is 0 Å². The van der Waals surface area contributed by atoms with E-state index in [4.69, 9.17) is 0 Å². The van der Waals surface area contributed by atoms with Gasteiger partial charge in [-0.2, -0.15) is 0 Å². The first-order valence-electron chi connectivity index (χ1n) is 5.31. The lowest BCUT2D eigenvalue weighted by molar-refractivity contribution is 0.455. The molecule has 0 spiro atoms. The van der Waals surface area contributed by atoms with Crippen molar-refractivity contribution in [1.82, 2.24) is 6.15 Å². The first-order chi connectivity index (χ1) is 5.31. The Hall–Kier alpha value is -0.0400. The summed E-state index contributed by atoms with van der Waals surface area (Å²) in [5.41, 5.74) is 0. The van der Waals surface area contributed by atoms with Gasteiger partial charge in [-0.25, -0.2) is 0 Å². The molecule has 0 aliphatic carbocycles. The Morgan fingerprint density at radius 1 is 0.833 bits per heavy atom. The van der Waals surface area contributed by atoms with Gasteiger partial charge in [0.05, 0.1) is 0 Å². The van der Waals surface area contributed by atoms with E-state index in [1.54, 1.807) is 0 Å². The third-order valence-electron chi connectivity index (χ3n) is 2.33. The van der Waals surface area contributed by atoms with Crippen molar-refractivity contribution < 1.29 is 0 Å². The lowest BCUT2D eigenvalue weighted by Crippen LogP contribution is -1.93.